The second kappa shape index (κ2) is 8.60. The zero-order chi connectivity index (χ0) is 9.56. The Hall–Kier alpha value is 0.01000. The van der Waals surface area contributed by atoms with E-state index in [4.69, 9.17) is 17.3 Å². The number of hydrogen-bond donors (Lipinski definition) is 2. The monoisotopic (exact) mass is 228 g/mol. The largest absolute Gasteiger partial charge is 0.354 e. The predicted molar refractivity (Wildman–Crippen MR) is 58.4 cm³/mol. The second-order valence-corrected chi connectivity index (χ2v) is 3.59. The van der Waals surface area contributed by atoms with Gasteiger partial charge in [0.25, 0.3) is 0 Å². The summed E-state index contributed by atoms with van der Waals surface area (Å²) >= 11 is 5.40. The lowest BCUT2D eigenvalue weighted by Gasteiger charge is -2.13. The number of nitrogens with two attached hydrogens (primary N) is 1. The van der Waals surface area contributed by atoms with Crippen LogP contribution in [-0.4, -0.2) is 24.4 Å². The van der Waals surface area contributed by atoms with Crippen LogP contribution in [0.5, 0.6) is 0 Å². The number of nitrogens with one attached hydrogen (secondary N) is 1. The van der Waals surface area contributed by atoms with Crippen LogP contribution in [0.15, 0.2) is 0 Å². The molecule has 1 amide bonds. The normalized spacial score (nSPS) is 12.1. The number of alkyl halides is 1. The molecule has 5 heteroatoms. The molecule has 0 aromatic heterocycles. The van der Waals surface area contributed by atoms with Gasteiger partial charge in [0.15, 0.2) is 0 Å². The van der Waals surface area contributed by atoms with Crippen LogP contribution in [0.3, 0.4) is 0 Å². The van der Waals surface area contributed by atoms with E-state index in [0.717, 1.165) is 0 Å². The molecule has 0 saturated heterocycles. The predicted octanol–water partition coefficient (Wildman–Crippen LogP) is 1.14. The quantitative estimate of drug-likeness (QED) is 0.694. The molecule has 0 saturated carbocycles. The highest BCUT2D eigenvalue weighted by atomic mass is 35.5. The molecule has 1 unspecified atom stereocenters. The summed E-state index contributed by atoms with van der Waals surface area (Å²) in [6.07, 6.45) is 0.716. The number of hydrogen-bond acceptors (Lipinski definition) is 2. The molecular formula is C8H18Cl2N2O. The topological polar surface area (TPSA) is 55.1 Å². The van der Waals surface area contributed by atoms with Crippen molar-refractivity contribution in [2.45, 2.75) is 26.3 Å². The van der Waals surface area contributed by atoms with E-state index in [1.54, 1.807) is 0 Å². The molecule has 0 aromatic rings. The van der Waals surface area contributed by atoms with E-state index in [1.807, 2.05) is 13.8 Å². The first-order valence-electron chi connectivity index (χ1n) is 4.17. The van der Waals surface area contributed by atoms with E-state index in [9.17, 15) is 4.79 Å². The van der Waals surface area contributed by atoms with Gasteiger partial charge in [-0.3, -0.25) is 4.79 Å². The molecule has 80 valence electrons. The van der Waals surface area contributed by atoms with Gasteiger partial charge in [0, 0.05) is 12.4 Å². The highest BCUT2D eigenvalue weighted by molar-refractivity contribution is 6.18. The molecule has 3 N–H and O–H groups in total. The average Bonchev–Trinajstić information content (AvgIpc) is 1.98. The highest BCUT2D eigenvalue weighted by Gasteiger charge is 2.13. The van der Waals surface area contributed by atoms with Crippen LogP contribution < -0.4 is 11.1 Å². The summed E-state index contributed by atoms with van der Waals surface area (Å²) in [6.45, 7) is 4.57. The van der Waals surface area contributed by atoms with Gasteiger partial charge >= 0.3 is 0 Å². The van der Waals surface area contributed by atoms with Crippen LogP contribution in [0.25, 0.3) is 0 Å². The van der Waals surface area contributed by atoms with Crippen molar-refractivity contribution in [3.63, 3.8) is 0 Å². The smallest absolute Gasteiger partial charge is 0.236 e. The Morgan fingerprint density at radius 2 is 2.08 bits per heavy atom. The lowest BCUT2D eigenvalue weighted by molar-refractivity contribution is -0.122. The minimum Gasteiger partial charge on any atom is -0.354 e. The van der Waals surface area contributed by atoms with E-state index in [1.165, 1.54) is 0 Å². The average molecular weight is 229 g/mol. The van der Waals surface area contributed by atoms with Gasteiger partial charge in [-0.1, -0.05) is 13.8 Å². The minimum absolute atomic E-state index is 0. The molecule has 1 atom stereocenters. The van der Waals surface area contributed by atoms with Crippen molar-refractivity contribution in [3.05, 3.63) is 0 Å². The van der Waals surface area contributed by atoms with E-state index >= 15 is 0 Å². The van der Waals surface area contributed by atoms with Gasteiger partial charge in [-0.05, 0) is 12.3 Å². The van der Waals surface area contributed by atoms with Gasteiger partial charge in [-0.15, -0.1) is 24.0 Å². The maximum atomic E-state index is 11.1. The molecule has 0 aliphatic heterocycles. The summed E-state index contributed by atoms with van der Waals surface area (Å²) in [6, 6.07) is -0.395. The SMILES string of the molecule is CC(C)CC(N)C(=O)NCCCl.Cl. The first-order chi connectivity index (χ1) is 5.57. The molecule has 0 aliphatic carbocycles. The van der Waals surface area contributed by atoms with Crippen molar-refractivity contribution in [2.75, 3.05) is 12.4 Å². The number of carbonyl (C=O) groups excluding carboxylic acids is 1. The van der Waals surface area contributed by atoms with E-state index in [0.29, 0.717) is 24.8 Å². The van der Waals surface area contributed by atoms with Gasteiger partial charge in [0.2, 0.25) is 5.91 Å². The number of rotatable bonds is 5. The molecular weight excluding hydrogens is 211 g/mol. The number of halogens is 2. The Bertz CT molecular complexity index is 142. The van der Waals surface area contributed by atoms with E-state index in [2.05, 4.69) is 5.32 Å². The zero-order valence-corrected chi connectivity index (χ0v) is 9.62. The first-order valence-corrected chi connectivity index (χ1v) is 4.70. The third-order valence-corrected chi connectivity index (χ3v) is 1.64. The van der Waals surface area contributed by atoms with Crippen LogP contribution in [0.4, 0.5) is 0 Å². The maximum absolute atomic E-state index is 11.1. The van der Waals surface area contributed by atoms with Gasteiger partial charge in [0.05, 0.1) is 6.04 Å². The Balaban J connectivity index is 0. The van der Waals surface area contributed by atoms with Gasteiger partial charge in [0.1, 0.15) is 0 Å². The van der Waals surface area contributed by atoms with Crippen molar-refractivity contribution in [1.29, 1.82) is 0 Å². The van der Waals surface area contributed by atoms with E-state index in [-0.39, 0.29) is 18.3 Å². The zero-order valence-electron chi connectivity index (χ0n) is 8.05. The van der Waals surface area contributed by atoms with Crippen LogP contribution in [0, 0.1) is 5.92 Å². The maximum Gasteiger partial charge on any atom is 0.236 e. The highest BCUT2D eigenvalue weighted by Crippen LogP contribution is 2.02. The molecule has 0 bridgehead atoms. The van der Waals surface area contributed by atoms with Crippen molar-refractivity contribution in [2.24, 2.45) is 11.7 Å². The standard InChI is InChI=1S/C8H17ClN2O.ClH/c1-6(2)5-7(10)8(12)11-4-3-9;/h6-7H,3-5,10H2,1-2H3,(H,11,12);1H. The van der Waals surface area contributed by atoms with E-state index < -0.39 is 6.04 Å². The first kappa shape index (κ1) is 15.5. The molecule has 0 heterocycles. The number of carbonyl (C=O) groups is 1. The lowest BCUT2D eigenvalue weighted by Crippen LogP contribution is -2.42. The third-order valence-electron chi connectivity index (χ3n) is 1.46. The van der Waals surface area contributed by atoms with Crippen LogP contribution in [-0.2, 0) is 4.79 Å². The fraction of sp³-hybridized carbons (Fsp3) is 0.875. The molecule has 0 fully saturated rings. The van der Waals surface area contributed by atoms with Crippen molar-refractivity contribution in [3.8, 4) is 0 Å². The summed E-state index contributed by atoms with van der Waals surface area (Å²) in [5.41, 5.74) is 5.60. The molecule has 13 heavy (non-hydrogen) atoms. The third kappa shape index (κ3) is 8.34. The molecule has 3 nitrogen and oxygen atoms in total. The molecule has 0 aromatic carbocycles. The van der Waals surface area contributed by atoms with Crippen LogP contribution >= 0.6 is 24.0 Å². The summed E-state index contributed by atoms with van der Waals surface area (Å²) in [4.78, 5) is 11.1. The molecule has 0 spiro atoms. The van der Waals surface area contributed by atoms with Gasteiger partial charge < -0.3 is 11.1 Å². The summed E-state index contributed by atoms with van der Waals surface area (Å²) in [5, 5.41) is 2.64. The second-order valence-electron chi connectivity index (χ2n) is 3.22. The summed E-state index contributed by atoms with van der Waals surface area (Å²) in [7, 11) is 0. The van der Waals surface area contributed by atoms with Gasteiger partial charge in [-0.2, -0.15) is 0 Å². The van der Waals surface area contributed by atoms with Crippen LogP contribution in [0.1, 0.15) is 20.3 Å². The lowest BCUT2D eigenvalue weighted by atomic mass is 10.0. The Kier molecular flexibility index (Phi) is 10.2. The van der Waals surface area contributed by atoms with Crippen molar-refractivity contribution < 1.29 is 4.79 Å². The molecule has 0 radical (unpaired) electrons. The van der Waals surface area contributed by atoms with Crippen LogP contribution in [0.2, 0.25) is 0 Å². The molecule has 0 rings (SSSR count). The summed E-state index contributed by atoms with van der Waals surface area (Å²) in [5.74, 6) is 0.770. The van der Waals surface area contributed by atoms with Crippen molar-refractivity contribution >= 4 is 29.9 Å². The fourth-order valence-corrected chi connectivity index (χ4v) is 1.01. The Labute approximate surface area is 90.8 Å². The van der Waals surface area contributed by atoms with Crippen molar-refractivity contribution in [1.82, 2.24) is 5.32 Å². The number of amides is 1. The fourth-order valence-electron chi connectivity index (χ4n) is 0.916. The summed E-state index contributed by atoms with van der Waals surface area (Å²) < 4.78 is 0. The minimum atomic E-state index is -0.395. The van der Waals surface area contributed by atoms with Gasteiger partial charge in [-0.25, -0.2) is 0 Å². The Morgan fingerprint density at radius 3 is 2.46 bits per heavy atom. The Morgan fingerprint density at radius 1 is 1.54 bits per heavy atom. The molecule has 0 aliphatic rings.